The number of aliphatic hydroxyl groups excluding tert-OH is 1. The number of aliphatic hydroxyl groups is 1. The summed E-state index contributed by atoms with van der Waals surface area (Å²) < 4.78 is 54.8. The Morgan fingerprint density at radius 3 is 1.47 bits per heavy atom. The molecule has 0 aromatic carbocycles. The molecule has 0 radical (unpaired) electrons. The maximum Gasteiger partial charge on any atom is 0.288 e. The lowest BCUT2D eigenvalue weighted by atomic mass is 10.3. The molecule has 0 amide bonds. The minimum absolute atomic E-state index is 0.00347. The Kier molecular flexibility index (Phi) is 4.87. The molecule has 0 rings (SSSR count). The Hall–Kier alpha value is -0.636. The van der Waals surface area contributed by atoms with Gasteiger partial charge in [-0.3, -0.25) is 4.79 Å². The van der Waals surface area contributed by atoms with Crippen LogP contribution in [-0.2, 0) is 4.79 Å². The number of allylic oxidation sites excluding steroid dienone is 2. The lowest BCUT2D eigenvalue weighted by molar-refractivity contribution is -0.129. The fourth-order valence-electron chi connectivity index (χ4n) is 1.06. The van der Waals surface area contributed by atoms with Gasteiger partial charge in [0.1, 0.15) is 16.1 Å². The third kappa shape index (κ3) is 3.68. The number of carbonyl (C=O) groups excluding carboxylic acids is 1. The van der Waals surface area contributed by atoms with E-state index in [1.807, 2.05) is 0 Å². The zero-order valence-corrected chi connectivity index (χ0v) is 13.9. The molecular weight excluding hydrogens is 296 g/mol. The SMILES string of the molecule is C[Si](C)(C)C(F)(F)C(=O)/C=C(\O)C(F)(F)[Si](C)(C)C. The quantitative estimate of drug-likeness (QED) is 0.360. The molecule has 112 valence electrons. The second kappa shape index (κ2) is 5.04. The Morgan fingerprint density at radius 1 is 0.895 bits per heavy atom. The molecule has 0 aliphatic heterocycles. The Balaban J connectivity index is 5.46. The van der Waals surface area contributed by atoms with Crippen molar-refractivity contribution in [3.05, 3.63) is 11.8 Å². The molecule has 0 aliphatic carbocycles. The van der Waals surface area contributed by atoms with Crippen LogP contribution in [0.25, 0.3) is 0 Å². The van der Waals surface area contributed by atoms with E-state index in [4.69, 9.17) is 0 Å². The van der Waals surface area contributed by atoms with Crippen molar-refractivity contribution in [3.63, 3.8) is 0 Å². The van der Waals surface area contributed by atoms with Gasteiger partial charge in [0.2, 0.25) is 5.78 Å². The van der Waals surface area contributed by atoms with Gasteiger partial charge in [0.15, 0.2) is 5.76 Å². The van der Waals surface area contributed by atoms with E-state index >= 15 is 0 Å². The van der Waals surface area contributed by atoms with Crippen LogP contribution in [0, 0.1) is 0 Å². The minimum atomic E-state index is -3.68. The van der Waals surface area contributed by atoms with Crippen molar-refractivity contribution < 1.29 is 27.5 Å². The van der Waals surface area contributed by atoms with E-state index in [9.17, 15) is 27.5 Å². The van der Waals surface area contributed by atoms with Crippen LogP contribution >= 0.6 is 0 Å². The molecule has 0 bridgehead atoms. The Bertz CT molecular complexity index is 392. The summed E-state index contributed by atoms with van der Waals surface area (Å²) >= 11 is 0. The van der Waals surface area contributed by atoms with Gasteiger partial charge in [-0.15, -0.1) is 0 Å². The first-order valence-electron chi connectivity index (χ1n) is 5.76. The van der Waals surface area contributed by atoms with Gasteiger partial charge in [0.05, 0.1) is 0 Å². The van der Waals surface area contributed by atoms with Crippen LogP contribution in [0.5, 0.6) is 0 Å². The highest BCUT2D eigenvalue weighted by Crippen LogP contribution is 2.35. The van der Waals surface area contributed by atoms with E-state index < -0.39 is 38.8 Å². The molecule has 0 aliphatic rings. The van der Waals surface area contributed by atoms with Crippen LogP contribution in [0.4, 0.5) is 17.6 Å². The van der Waals surface area contributed by atoms with Crippen molar-refractivity contribution in [2.75, 3.05) is 0 Å². The van der Waals surface area contributed by atoms with Crippen LogP contribution in [0.15, 0.2) is 11.8 Å². The van der Waals surface area contributed by atoms with E-state index in [-0.39, 0.29) is 6.08 Å². The van der Waals surface area contributed by atoms with E-state index in [1.165, 1.54) is 39.3 Å². The summed E-state index contributed by atoms with van der Waals surface area (Å²) in [7, 11) is -6.35. The molecule has 8 heteroatoms. The second-order valence-corrected chi connectivity index (χ2v) is 16.8. The number of rotatable bonds is 5. The van der Waals surface area contributed by atoms with Crippen LogP contribution < -0.4 is 0 Å². The molecule has 0 heterocycles. The van der Waals surface area contributed by atoms with Crippen molar-refractivity contribution in [1.29, 1.82) is 0 Å². The predicted octanol–water partition coefficient (Wildman–Crippen LogP) is 4.02. The van der Waals surface area contributed by atoms with Gasteiger partial charge in [-0.25, -0.2) is 17.6 Å². The van der Waals surface area contributed by atoms with Crippen molar-refractivity contribution in [3.8, 4) is 0 Å². The summed E-state index contributed by atoms with van der Waals surface area (Å²) in [6.07, 6.45) is -0.00347. The first-order chi connectivity index (χ1) is 8.05. The molecule has 0 saturated carbocycles. The van der Waals surface area contributed by atoms with Crippen molar-refractivity contribution in [2.24, 2.45) is 0 Å². The summed E-state index contributed by atoms with van der Waals surface area (Å²) in [5.74, 6) is -3.31. The monoisotopic (exact) mass is 316 g/mol. The van der Waals surface area contributed by atoms with Gasteiger partial charge >= 0.3 is 0 Å². The summed E-state index contributed by atoms with van der Waals surface area (Å²) in [6, 6.07) is 0. The number of carbonyl (C=O) groups is 1. The van der Waals surface area contributed by atoms with Gasteiger partial charge in [0, 0.05) is 6.08 Å². The summed E-state index contributed by atoms with van der Waals surface area (Å²) in [5.41, 5.74) is -7.30. The smallest absolute Gasteiger partial charge is 0.288 e. The fraction of sp³-hybridized carbons (Fsp3) is 0.727. The molecule has 0 atom stereocenters. The average Bonchev–Trinajstić information content (AvgIpc) is 2.13. The highest BCUT2D eigenvalue weighted by Gasteiger charge is 2.53. The molecule has 19 heavy (non-hydrogen) atoms. The van der Waals surface area contributed by atoms with Crippen LogP contribution in [0.1, 0.15) is 0 Å². The zero-order chi connectivity index (χ0) is 15.9. The number of hydrogen-bond donors (Lipinski definition) is 1. The Morgan fingerprint density at radius 2 is 1.21 bits per heavy atom. The third-order valence-electron chi connectivity index (χ3n) is 2.78. The van der Waals surface area contributed by atoms with Crippen LogP contribution in [0.2, 0.25) is 39.3 Å². The van der Waals surface area contributed by atoms with Crippen molar-refractivity contribution >= 4 is 21.9 Å². The first kappa shape index (κ1) is 18.4. The lowest BCUT2D eigenvalue weighted by Crippen LogP contribution is -2.51. The lowest BCUT2D eigenvalue weighted by Gasteiger charge is -2.29. The third-order valence-corrected chi connectivity index (χ3v) is 7.05. The van der Waals surface area contributed by atoms with E-state index in [0.29, 0.717) is 0 Å². The van der Waals surface area contributed by atoms with Gasteiger partial charge < -0.3 is 5.11 Å². The topological polar surface area (TPSA) is 37.3 Å². The number of ketones is 1. The molecule has 0 fully saturated rings. The van der Waals surface area contributed by atoms with Gasteiger partial charge in [-0.05, 0) is 0 Å². The van der Waals surface area contributed by atoms with Crippen molar-refractivity contribution in [1.82, 2.24) is 0 Å². The second-order valence-electron chi connectivity index (χ2n) is 6.54. The van der Waals surface area contributed by atoms with E-state index in [2.05, 4.69) is 0 Å². The fourth-order valence-corrected chi connectivity index (χ4v) is 2.71. The van der Waals surface area contributed by atoms with E-state index in [0.717, 1.165) is 0 Å². The maximum absolute atomic E-state index is 13.7. The maximum atomic E-state index is 13.7. The van der Waals surface area contributed by atoms with E-state index in [1.54, 1.807) is 0 Å². The highest BCUT2D eigenvalue weighted by molar-refractivity contribution is 6.82. The molecule has 0 aromatic heterocycles. The number of alkyl halides is 4. The molecule has 0 unspecified atom stereocenters. The molecular formula is C11H20F4O2Si2. The summed E-state index contributed by atoms with van der Waals surface area (Å²) in [5, 5.41) is 9.32. The molecule has 0 aromatic rings. The minimum Gasteiger partial charge on any atom is -0.506 e. The molecule has 0 saturated heterocycles. The predicted molar refractivity (Wildman–Crippen MR) is 72.3 cm³/mol. The van der Waals surface area contributed by atoms with Crippen LogP contribution in [-0.4, -0.2) is 38.1 Å². The first-order valence-corrected chi connectivity index (χ1v) is 12.8. The van der Waals surface area contributed by atoms with Gasteiger partial charge in [0.25, 0.3) is 11.1 Å². The van der Waals surface area contributed by atoms with Gasteiger partial charge in [-0.2, -0.15) is 0 Å². The molecule has 1 N–H and O–H groups in total. The van der Waals surface area contributed by atoms with Gasteiger partial charge in [-0.1, -0.05) is 39.3 Å². The molecule has 2 nitrogen and oxygen atoms in total. The van der Waals surface area contributed by atoms with Crippen molar-refractivity contribution in [2.45, 2.75) is 50.4 Å². The largest absolute Gasteiger partial charge is 0.506 e. The Labute approximate surface area is 112 Å². The summed E-state index contributed by atoms with van der Waals surface area (Å²) in [6.45, 7) is 7.60. The average molecular weight is 316 g/mol. The molecule has 0 spiro atoms. The standard InChI is InChI=1S/C11H20F4O2Si2/c1-18(2,3)10(12,13)8(16)7-9(17)11(14,15)19(4,5)6/h7,16H,1-6H3/b8-7-. The number of hydrogen-bond acceptors (Lipinski definition) is 2. The van der Waals surface area contributed by atoms with Crippen LogP contribution in [0.3, 0.4) is 0 Å². The normalized spacial score (nSPS) is 15.6. The number of halogens is 4. The highest BCUT2D eigenvalue weighted by atomic mass is 28.3. The zero-order valence-electron chi connectivity index (χ0n) is 11.9. The summed E-state index contributed by atoms with van der Waals surface area (Å²) in [4.78, 5) is 11.4.